The maximum atomic E-state index is 12.4. The zero-order chi connectivity index (χ0) is 19.7. The molecule has 0 unspecified atom stereocenters. The van der Waals surface area contributed by atoms with Crippen LogP contribution < -0.4 is 16.0 Å². The van der Waals surface area contributed by atoms with Gasteiger partial charge < -0.3 is 16.0 Å². The third kappa shape index (κ3) is 4.92. The van der Waals surface area contributed by atoms with Gasteiger partial charge in [-0.15, -0.1) is 12.4 Å². The number of carbonyl (C=O) groups is 2. The summed E-state index contributed by atoms with van der Waals surface area (Å²) in [5, 5.41) is 3.57. The minimum absolute atomic E-state index is 0. The highest BCUT2D eigenvalue weighted by atomic mass is 35.5. The van der Waals surface area contributed by atoms with Crippen LogP contribution in [0.25, 0.3) is 0 Å². The van der Waals surface area contributed by atoms with Crippen molar-refractivity contribution >= 4 is 47.2 Å². The Balaban J connectivity index is 0.00000240. The molecular formula is C22H25Cl2N3O2. The van der Waals surface area contributed by atoms with Gasteiger partial charge in [0.2, 0.25) is 11.8 Å². The van der Waals surface area contributed by atoms with Gasteiger partial charge in [-0.3, -0.25) is 9.59 Å². The molecule has 0 aromatic heterocycles. The summed E-state index contributed by atoms with van der Waals surface area (Å²) in [6, 6.07) is 13.3. The van der Waals surface area contributed by atoms with E-state index in [0.29, 0.717) is 24.4 Å². The number of hydrogen-bond donors (Lipinski definition) is 2. The van der Waals surface area contributed by atoms with Crippen molar-refractivity contribution in [2.75, 3.05) is 10.2 Å². The second kappa shape index (κ2) is 9.16. The van der Waals surface area contributed by atoms with Crippen molar-refractivity contribution in [3.63, 3.8) is 0 Å². The van der Waals surface area contributed by atoms with Crippen LogP contribution in [0.5, 0.6) is 0 Å². The number of nitrogens with one attached hydrogen (secondary N) is 1. The predicted octanol–water partition coefficient (Wildman–Crippen LogP) is 4.31. The predicted molar refractivity (Wildman–Crippen MR) is 119 cm³/mol. The van der Waals surface area contributed by atoms with Gasteiger partial charge in [0.25, 0.3) is 0 Å². The second-order valence-electron chi connectivity index (χ2n) is 7.73. The summed E-state index contributed by atoms with van der Waals surface area (Å²) in [4.78, 5) is 26.4. The topological polar surface area (TPSA) is 75.4 Å². The normalized spacial score (nSPS) is 20.3. The van der Waals surface area contributed by atoms with Gasteiger partial charge in [-0.05, 0) is 54.2 Å². The highest BCUT2D eigenvalue weighted by Gasteiger charge is 2.28. The number of fused-ring (bicyclic) bond motifs is 1. The quantitative estimate of drug-likeness (QED) is 0.737. The zero-order valence-electron chi connectivity index (χ0n) is 16.1. The Morgan fingerprint density at radius 3 is 2.62 bits per heavy atom. The smallest absolute Gasteiger partial charge is 0.231 e. The van der Waals surface area contributed by atoms with Crippen LogP contribution in [0.4, 0.5) is 11.4 Å². The molecule has 154 valence electrons. The van der Waals surface area contributed by atoms with E-state index in [1.54, 1.807) is 4.90 Å². The molecule has 4 rings (SSSR count). The van der Waals surface area contributed by atoms with Crippen LogP contribution in [0, 0.1) is 5.92 Å². The van der Waals surface area contributed by atoms with E-state index >= 15 is 0 Å². The first-order valence-corrected chi connectivity index (χ1v) is 10.1. The first kappa shape index (κ1) is 21.6. The van der Waals surface area contributed by atoms with Crippen LogP contribution in [0.1, 0.15) is 36.8 Å². The summed E-state index contributed by atoms with van der Waals surface area (Å²) in [7, 11) is 0. The van der Waals surface area contributed by atoms with Crippen molar-refractivity contribution in [2.24, 2.45) is 11.7 Å². The van der Waals surface area contributed by atoms with Crippen molar-refractivity contribution in [3.05, 3.63) is 58.6 Å². The number of nitrogens with zero attached hydrogens (tertiary/aromatic N) is 1. The Labute approximate surface area is 182 Å². The highest BCUT2D eigenvalue weighted by molar-refractivity contribution is 6.31. The molecular weight excluding hydrogens is 409 g/mol. The third-order valence-electron chi connectivity index (χ3n) is 5.72. The third-order valence-corrected chi connectivity index (χ3v) is 5.96. The largest absolute Gasteiger partial charge is 0.327 e. The van der Waals surface area contributed by atoms with Crippen LogP contribution in [-0.4, -0.2) is 17.9 Å². The van der Waals surface area contributed by atoms with E-state index in [9.17, 15) is 9.59 Å². The molecule has 2 aromatic rings. The SMILES string of the molecule is Cl.N[C@@H]1CCC[C@H]1CC(=O)Nc1ccc(CN2C(=O)Cc3ccc(Cl)cc32)cc1. The van der Waals surface area contributed by atoms with Gasteiger partial charge in [0, 0.05) is 28.9 Å². The Morgan fingerprint density at radius 2 is 1.93 bits per heavy atom. The molecule has 2 atom stereocenters. The standard InChI is InChI=1S/C22H24ClN3O2.ClH/c23-17-7-6-16-11-22(28)26(20(16)12-17)13-14-4-8-18(9-5-14)25-21(27)10-15-2-1-3-19(15)24;/h4-9,12,15,19H,1-3,10-11,13,24H2,(H,25,27);1H/t15-,19+;/m0./s1. The average Bonchev–Trinajstić information content (AvgIpc) is 3.20. The zero-order valence-corrected chi connectivity index (χ0v) is 17.6. The van der Waals surface area contributed by atoms with Crippen LogP contribution >= 0.6 is 24.0 Å². The van der Waals surface area contributed by atoms with E-state index in [-0.39, 0.29) is 36.2 Å². The number of anilines is 2. The summed E-state index contributed by atoms with van der Waals surface area (Å²) < 4.78 is 0. The molecule has 0 spiro atoms. The Bertz CT molecular complexity index is 901. The number of amides is 2. The molecule has 1 aliphatic heterocycles. The van der Waals surface area contributed by atoms with Gasteiger partial charge >= 0.3 is 0 Å². The van der Waals surface area contributed by atoms with Crippen LogP contribution in [0.15, 0.2) is 42.5 Å². The van der Waals surface area contributed by atoms with E-state index < -0.39 is 0 Å². The van der Waals surface area contributed by atoms with Crippen LogP contribution in [-0.2, 0) is 22.6 Å². The van der Waals surface area contributed by atoms with E-state index in [2.05, 4.69) is 5.32 Å². The summed E-state index contributed by atoms with van der Waals surface area (Å²) in [6.45, 7) is 0.483. The van der Waals surface area contributed by atoms with E-state index in [4.69, 9.17) is 17.3 Å². The van der Waals surface area contributed by atoms with Gasteiger partial charge in [-0.25, -0.2) is 0 Å². The molecule has 0 radical (unpaired) electrons. The molecule has 2 aliphatic rings. The van der Waals surface area contributed by atoms with E-state index in [1.807, 2.05) is 42.5 Å². The molecule has 1 heterocycles. The number of hydrogen-bond acceptors (Lipinski definition) is 3. The number of carbonyl (C=O) groups excluding carboxylic acids is 2. The summed E-state index contributed by atoms with van der Waals surface area (Å²) in [6.07, 6.45) is 4.03. The van der Waals surface area contributed by atoms with E-state index in [1.165, 1.54) is 0 Å². The lowest BCUT2D eigenvalue weighted by Gasteiger charge is -2.18. The molecule has 2 aromatic carbocycles. The lowest BCUT2D eigenvalue weighted by Crippen LogP contribution is -2.28. The fourth-order valence-corrected chi connectivity index (χ4v) is 4.32. The minimum Gasteiger partial charge on any atom is -0.327 e. The summed E-state index contributed by atoms with van der Waals surface area (Å²) in [5.74, 6) is 0.364. The fraction of sp³-hybridized carbons (Fsp3) is 0.364. The molecule has 5 nitrogen and oxygen atoms in total. The van der Waals surface area contributed by atoms with Gasteiger partial charge in [0.05, 0.1) is 13.0 Å². The molecule has 1 fully saturated rings. The average molecular weight is 434 g/mol. The monoisotopic (exact) mass is 433 g/mol. The van der Waals surface area contributed by atoms with Gasteiger partial charge in [0.1, 0.15) is 0 Å². The van der Waals surface area contributed by atoms with Crippen LogP contribution in [0.3, 0.4) is 0 Å². The van der Waals surface area contributed by atoms with Gasteiger partial charge in [-0.1, -0.05) is 36.2 Å². The van der Waals surface area contributed by atoms with Crippen LogP contribution in [0.2, 0.25) is 5.02 Å². The second-order valence-corrected chi connectivity index (χ2v) is 8.17. The minimum atomic E-state index is 0. The van der Waals surface area contributed by atoms with Crippen molar-refractivity contribution in [1.82, 2.24) is 0 Å². The maximum Gasteiger partial charge on any atom is 0.231 e. The number of nitrogens with two attached hydrogens (primary N) is 1. The van der Waals surface area contributed by atoms with Gasteiger partial charge in [0.15, 0.2) is 0 Å². The number of benzene rings is 2. The van der Waals surface area contributed by atoms with E-state index in [0.717, 1.165) is 41.8 Å². The lowest BCUT2D eigenvalue weighted by atomic mass is 10.00. The molecule has 0 saturated heterocycles. The van der Waals surface area contributed by atoms with Crippen molar-refractivity contribution in [3.8, 4) is 0 Å². The molecule has 1 aliphatic carbocycles. The van der Waals surface area contributed by atoms with Crippen molar-refractivity contribution in [2.45, 2.75) is 44.7 Å². The molecule has 1 saturated carbocycles. The highest BCUT2D eigenvalue weighted by Crippen LogP contribution is 2.33. The maximum absolute atomic E-state index is 12.4. The van der Waals surface area contributed by atoms with Crippen molar-refractivity contribution in [1.29, 1.82) is 0 Å². The Kier molecular flexibility index (Phi) is 6.83. The Morgan fingerprint density at radius 1 is 1.17 bits per heavy atom. The molecule has 0 bridgehead atoms. The first-order chi connectivity index (χ1) is 13.5. The summed E-state index contributed by atoms with van der Waals surface area (Å²) in [5.41, 5.74) is 9.69. The summed E-state index contributed by atoms with van der Waals surface area (Å²) >= 11 is 6.09. The lowest BCUT2D eigenvalue weighted by molar-refractivity contribution is -0.118. The first-order valence-electron chi connectivity index (χ1n) is 9.73. The number of rotatable bonds is 5. The molecule has 3 N–H and O–H groups in total. The number of halogens is 2. The molecule has 7 heteroatoms. The fourth-order valence-electron chi connectivity index (χ4n) is 4.15. The van der Waals surface area contributed by atoms with Crippen molar-refractivity contribution < 1.29 is 9.59 Å². The Hall–Kier alpha value is -2.08. The molecule has 2 amide bonds. The molecule has 29 heavy (non-hydrogen) atoms. The van der Waals surface area contributed by atoms with Gasteiger partial charge in [-0.2, -0.15) is 0 Å².